The molecule has 1 aliphatic carbocycles. The summed E-state index contributed by atoms with van der Waals surface area (Å²) in [6.45, 7) is 0.818. The van der Waals surface area contributed by atoms with Crippen molar-refractivity contribution in [2.75, 3.05) is 6.61 Å². The maximum atomic E-state index is 10.9. The van der Waals surface area contributed by atoms with E-state index in [9.17, 15) is 9.90 Å². The van der Waals surface area contributed by atoms with Crippen LogP contribution in [0.5, 0.6) is 0 Å². The lowest BCUT2D eigenvalue weighted by atomic mass is 9.63. The van der Waals surface area contributed by atoms with Crippen LogP contribution in [0.3, 0.4) is 0 Å². The fourth-order valence-electron chi connectivity index (χ4n) is 3.49. The number of carboxylic acid groups (broad SMARTS) is 1. The molecular formula is C20H23NO3. The van der Waals surface area contributed by atoms with Gasteiger partial charge in [0, 0.05) is 18.0 Å². The first-order chi connectivity index (χ1) is 11.6. The molecular weight excluding hydrogens is 302 g/mol. The SMILES string of the molecule is O=C(O)c1ccc(CNC(c2ccccc2)C2(CO)CCC2)cc1. The van der Waals surface area contributed by atoms with Crippen LogP contribution in [0.2, 0.25) is 0 Å². The molecule has 0 amide bonds. The fraction of sp³-hybridized carbons (Fsp3) is 0.350. The summed E-state index contributed by atoms with van der Waals surface area (Å²) in [5, 5.41) is 22.5. The van der Waals surface area contributed by atoms with E-state index < -0.39 is 5.97 Å². The molecule has 0 aliphatic heterocycles. The first kappa shape index (κ1) is 16.7. The number of hydrogen-bond acceptors (Lipinski definition) is 3. The van der Waals surface area contributed by atoms with Gasteiger partial charge in [0.15, 0.2) is 0 Å². The van der Waals surface area contributed by atoms with Crippen LogP contribution in [-0.2, 0) is 6.54 Å². The summed E-state index contributed by atoms with van der Waals surface area (Å²) in [5.74, 6) is -0.912. The van der Waals surface area contributed by atoms with Gasteiger partial charge in [-0.15, -0.1) is 0 Å². The van der Waals surface area contributed by atoms with Gasteiger partial charge in [0.2, 0.25) is 0 Å². The lowest BCUT2D eigenvalue weighted by molar-refractivity contribution is 0.00459. The van der Waals surface area contributed by atoms with Crippen molar-refractivity contribution in [3.8, 4) is 0 Å². The Kier molecular flexibility index (Phi) is 4.97. The normalized spacial score (nSPS) is 17.0. The molecule has 0 saturated heterocycles. The molecule has 4 heteroatoms. The fourth-order valence-corrected chi connectivity index (χ4v) is 3.49. The Bertz CT molecular complexity index is 672. The van der Waals surface area contributed by atoms with Crippen molar-refractivity contribution in [2.45, 2.75) is 31.8 Å². The van der Waals surface area contributed by atoms with Gasteiger partial charge in [-0.05, 0) is 36.1 Å². The van der Waals surface area contributed by atoms with Gasteiger partial charge in [-0.3, -0.25) is 0 Å². The topological polar surface area (TPSA) is 69.6 Å². The summed E-state index contributed by atoms with van der Waals surface area (Å²) in [6, 6.07) is 17.3. The third-order valence-electron chi connectivity index (χ3n) is 5.12. The number of hydrogen-bond donors (Lipinski definition) is 3. The Morgan fingerprint density at radius 1 is 1.08 bits per heavy atom. The van der Waals surface area contributed by atoms with Crippen molar-refractivity contribution < 1.29 is 15.0 Å². The number of aliphatic hydroxyl groups is 1. The summed E-state index contributed by atoms with van der Waals surface area (Å²) in [6.07, 6.45) is 3.20. The summed E-state index contributed by atoms with van der Waals surface area (Å²) in [7, 11) is 0. The average Bonchev–Trinajstić information content (AvgIpc) is 2.58. The van der Waals surface area contributed by atoms with Crippen LogP contribution < -0.4 is 5.32 Å². The molecule has 1 fully saturated rings. The zero-order chi connectivity index (χ0) is 17.0. The van der Waals surface area contributed by atoms with E-state index in [1.165, 1.54) is 5.56 Å². The second-order valence-corrected chi connectivity index (χ2v) is 6.60. The van der Waals surface area contributed by atoms with Crippen LogP contribution >= 0.6 is 0 Å². The van der Waals surface area contributed by atoms with Crippen LogP contribution in [0.25, 0.3) is 0 Å². The standard InChI is InChI=1S/C20H23NO3/c22-14-20(11-4-12-20)18(16-5-2-1-3-6-16)21-13-15-7-9-17(10-8-15)19(23)24/h1-3,5-10,18,21-22H,4,11-14H2,(H,23,24). The average molecular weight is 325 g/mol. The minimum absolute atomic E-state index is 0.0941. The van der Waals surface area contributed by atoms with Crippen molar-refractivity contribution in [1.29, 1.82) is 0 Å². The molecule has 0 radical (unpaired) electrons. The first-order valence-corrected chi connectivity index (χ1v) is 8.36. The van der Waals surface area contributed by atoms with Crippen molar-refractivity contribution >= 4 is 5.97 Å². The van der Waals surface area contributed by atoms with Crippen LogP contribution in [0.4, 0.5) is 0 Å². The van der Waals surface area contributed by atoms with Gasteiger partial charge in [0.1, 0.15) is 0 Å². The number of aliphatic hydroxyl groups excluding tert-OH is 1. The second-order valence-electron chi connectivity index (χ2n) is 6.60. The zero-order valence-electron chi connectivity index (χ0n) is 13.6. The number of rotatable bonds is 7. The minimum atomic E-state index is -0.912. The molecule has 126 valence electrons. The molecule has 1 atom stereocenters. The van der Waals surface area contributed by atoms with E-state index in [1.807, 2.05) is 30.3 Å². The highest BCUT2D eigenvalue weighted by molar-refractivity contribution is 5.87. The highest BCUT2D eigenvalue weighted by Gasteiger charge is 2.44. The predicted octanol–water partition coefficient (Wildman–Crippen LogP) is 3.38. The largest absolute Gasteiger partial charge is 0.478 e. The van der Waals surface area contributed by atoms with Crippen molar-refractivity contribution in [3.05, 3.63) is 71.3 Å². The number of carbonyl (C=O) groups is 1. The van der Waals surface area contributed by atoms with Crippen molar-refractivity contribution in [1.82, 2.24) is 5.32 Å². The van der Waals surface area contributed by atoms with E-state index in [0.29, 0.717) is 12.1 Å². The molecule has 2 aromatic rings. The van der Waals surface area contributed by atoms with E-state index in [0.717, 1.165) is 24.8 Å². The molecule has 0 heterocycles. The van der Waals surface area contributed by atoms with E-state index in [-0.39, 0.29) is 18.1 Å². The van der Waals surface area contributed by atoms with Gasteiger partial charge in [-0.25, -0.2) is 4.79 Å². The van der Waals surface area contributed by atoms with Crippen LogP contribution in [0.15, 0.2) is 54.6 Å². The maximum Gasteiger partial charge on any atom is 0.335 e. The predicted molar refractivity (Wildman–Crippen MR) is 92.8 cm³/mol. The maximum absolute atomic E-state index is 10.9. The van der Waals surface area contributed by atoms with Crippen molar-refractivity contribution in [3.63, 3.8) is 0 Å². The van der Waals surface area contributed by atoms with E-state index in [2.05, 4.69) is 17.4 Å². The van der Waals surface area contributed by atoms with Gasteiger partial charge < -0.3 is 15.5 Å². The Hall–Kier alpha value is -2.17. The molecule has 24 heavy (non-hydrogen) atoms. The molecule has 1 aliphatic rings. The second kappa shape index (κ2) is 7.16. The molecule has 1 saturated carbocycles. The van der Waals surface area contributed by atoms with Gasteiger partial charge in [0.05, 0.1) is 12.2 Å². The molecule has 2 aromatic carbocycles. The number of benzene rings is 2. The van der Waals surface area contributed by atoms with E-state index in [4.69, 9.17) is 5.11 Å². The van der Waals surface area contributed by atoms with Gasteiger partial charge in [0.25, 0.3) is 0 Å². The molecule has 3 rings (SSSR count). The molecule has 0 spiro atoms. The summed E-state index contributed by atoms with van der Waals surface area (Å²) < 4.78 is 0. The Morgan fingerprint density at radius 3 is 2.25 bits per heavy atom. The Morgan fingerprint density at radius 2 is 1.75 bits per heavy atom. The molecule has 0 aromatic heterocycles. The zero-order valence-corrected chi connectivity index (χ0v) is 13.6. The molecule has 0 bridgehead atoms. The third kappa shape index (κ3) is 3.35. The highest BCUT2D eigenvalue weighted by Crippen LogP contribution is 2.49. The quantitative estimate of drug-likeness (QED) is 0.730. The van der Waals surface area contributed by atoms with Gasteiger partial charge >= 0.3 is 5.97 Å². The first-order valence-electron chi connectivity index (χ1n) is 8.36. The van der Waals surface area contributed by atoms with Crippen LogP contribution in [0, 0.1) is 5.41 Å². The summed E-state index contributed by atoms with van der Waals surface area (Å²) in [4.78, 5) is 10.9. The monoisotopic (exact) mass is 325 g/mol. The Balaban J connectivity index is 1.76. The van der Waals surface area contributed by atoms with Crippen LogP contribution in [0.1, 0.15) is 46.8 Å². The highest BCUT2D eigenvalue weighted by atomic mass is 16.4. The number of nitrogens with one attached hydrogen (secondary N) is 1. The number of aromatic carboxylic acids is 1. The lowest BCUT2D eigenvalue weighted by Gasteiger charge is -2.47. The summed E-state index contributed by atoms with van der Waals surface area (Å²) >= 11 is 0. The molecule has 4 nitrogen and oxygen atoms in total. The third-order valence-corrected chi connectivity index (χ3v) is 5.12. The van der Waals surface area contributed by atoms with Crippen molar-refractivity contribution in [2.24, 2.45) is 5.41 Å². The minimum Gasteiger partial charge on any atom is -0.478 e. The smallest absolute Gasteiger partial charge is 0.335 e. The van der Waals surface area contributed by atoms with E-state index in [1.54, 1.807) is 12.1 Å². The molecule has 3 N–H and O–H groups in total. The number of carboxylic acids is 1. The summed E-state index contributed by atoms with van der Waals surface area (Å²) in [5.41, 5.74) is 2.42. The van der Waals surface area contributed by atoms with E-state index >= 15 is 0 Å². The Labute approximate surface area is 142 Å². The molecule has 1 unspecified atom stereocenters. The van der Waals surface area contributed by atoms with Gasteiger partial charge in [-0.2, -0.15) is 0 Å². The lowest BCUT2D eigenvalue weighted by Crippen LogP contribution is -2.45. The van der Waals surface area contributed by atoms with Gasteiger partial charge in [-0.1, -0.05) is 48.9 Å². The van der Waals surface area contributed by atoms with Crippen LogP contribution in [-0.4, -0.2) is 22.8 Å².